The molecule has 1 fully saturated rings. The van der Waals surface area contributed by atoms with Crippen LogP contribution in [-0.4, -0.2) is 37.7 Å². The highest BCUT2D eigenvalue weighted by atomic mass is 35.5. The van der Waals surface area contributed by atoms with E-state index in [1.807, 2.05) is 24.3 Å². The molecule has 0 heterocycles. The number of nitrogens with two attached hydrogens (primary N) is 1. The molecule has 1 aromatic carbocycles. The van der Waals surface area contributed by atoms with Crippen LogP contribution in [0.1, 0.15) is 38.2 Å². The van der Waals surface area contributed by atoms with Crippen LogP contribution in [0.3, 0.4) is 0 Å². The molecule has 1 amide bonds. The number of hydrogen-bond donors (Lipinski definition) is 2. The maximum absolute atomic E-state index is 12.2. The van der Waals surface area contributed by atoms with Crippen molar-refractivity contribution in [1.29, 1.82) is 0 Å². The van der Waals surface area contributed by atoms with Crippen molar-refractivity contribution in [3.63, 3.8) is 0 Å². The van der Waals surface area contributed by atoms with Gasteiger partial charge < -0.3 is 20.5 Å². The zero-order valence-corrected chi connectivity index (χ0v) is 16.1. The SMILES string of the molecule is CCOC(=O)COc1ccc(CCNC(=O)C2CCCC(N)C2)cc1.Cl. The number of carbonyl (C=O) groups is 2. The van der Waals surface area contributed by atoms with Crippen molar-refractivity contribution in [2.45, 2.75) is 45.1 Å². The van der Waals surface area contributed by atoms with E-state index in [1.165, 1.54) is 0 Å². The molecule has 3 N–H and O–H groups in total. The largest absolute Gasteiger partial charge is 0.482 e. The molecular weight excluding hydrogens is 356 g/mol. The van der Waals surface area contributed by atoms with Gasteiger partial charge in [-0.25, -0.2) is 4.79 Å². The fraction of sp³-hybridized carbons (Fsp3) is 0.579. The van der Waals surface area contributed by atoms with Crippen LogP contribution in [0.4, 0.5) is 0 Å². The topological polar surface area (TPSA) is 90.6 Å². The number of ether oxygens (including phenoxy) is 2. The van der Waals surface area contributed by atoms with Gasteiger partial charge in [-0.15, -0.1) is 12.4 Å². The first-order chi connectivity index (χ1) is 12.1. The molecule has 146 valence electrons. The van der Waals surface area contributed by atoms with Gasteiger partial charge in [0.1, 0.15) is 5.75 Å². The standard InChI is InChI=1S/C19H28N2O4.ClH/c1-2-24-18(22)13-25-17-8-6-14(7-9-17)10-11-21-19(23)15-4-3-5-16(20)12-15;/h6-9,15-16H,2-5,10-13,20H2,1H3,(H,21,23);1H. The highest BCUT2D eigenvalue weighted by Crippen LogP contribution is 2.23. The van der Waals surface area contributed by atoms with Gasteiger partial charge in [-0.3, -0.25) is 4.79 Å². The van der Waals surface area contributed by atoms with Gasteiger partial charge >= 0.3 is 5.97 Å². The summed E-state index contributed by atoms with van der Waals surface area (Å²) >= 11 is 0. The molecule has 2 atom stereocenters. The summed E-state index contributed by atoms with van der Waals surface area (Å²) in [5.41, 5.74) is 7.04. The molecule has 26 heavy (non-hydrogen) atoms. The fourth-order valence-corrected chi connectivity index (χ4v) is 3.04. The molecular formula is C19H29ClN2O4. The Morgan fingerprint density at radius 3 is 2.62 bits per heavy atom. The van der Waals surface area contributed by atoms with Gasteiger partial charge in [0.25, 0.3) is 0 Å². The van der Waals surface area contributed by atoms with Crippen LogP contribution in [0.15, 0.2) is 24.3 Å². The van der Waals surface area contributed by atoms with Crippen molar-refractivity contribution in [3.8, 4) is 5.75 Å². The third kappa shape index (κ3) is 7.62. The van der Waals surface area contributed by atoms with Crippen LogP contribution in [0, 0.1) is 5.92 Å². The Balaban J connectivity index is 0.00000338. The minimum absolute atomic E-state index is 0. The smallest absolute Gasteiger partial charge is 0.344 e. The monoisotopic (exact) mass is 384 g/mol. The number of benzene rings is 1. The highest BCUT2D eigenvalue weighted by molar-refractivity contribution is 5.85. The second-order valence-corrected chi connectivity index (χ2v) is 6.40. The summed E-state index contributed by atoms with van der Waals surface area (Å²) in [5.74, 6) is 0.417. The first-order valence-corrected chi connectivity index (χ1v) is 8.99. The summed E-state index contributed by atoms with van der Waals surface area (Å²) in [6.45, 7) is 2.62. The fourth-order valence-electron chi connectivity index (χ4n) is 3.04. The average molecular weight is 385 g/mol. The van der Waals surface area contributed by atoms with E-state index >= 15 is 0 Å². The Hall–Kier alpha value is -1.79. The van der Waals surface area contributed by atoms with Crippen LogP contribution in [0.5, 0.6) is 5.75 Å². The quantitative estimate of drug-likeness (QED) is 0.670. The van der Waals surface area contributed by atoms with E-state index in [0.717, 1.165) is 37.7 Å². The van der Waals surface area contributed by atoms with Crippen molar-refractivity contribution < 1.29 is 19.1 Å². The number of nitrogens with one attached hydrogen (secondary N) is 1. The maximum Gasteiger partial charge on any atom is 0.344 e. The molecule has 2 rings (SSSR count). The predicted molar refractivity (Wildman–Crippen MR) is 102 cm³/mol. The number of amides is 1. The number of carbonyl (C=O) groups excluding carboxylic acids is 2. The van der Waals surface area contributed by atoms with E-state index in [9.17, 15) is 9.59 Å². The van der Waals surface area contributed by atoms with Gasteiger partial charge in [0.05, 0.1) is 6.61 Å². The normalized spacial score (nSPS) is 19.2. The Morgan fingerprint density at radius 1 is 1.23 bits per heavy atom. The third-order valence-electron chi connectivity index (χ3n) is 4.38. The highest BCUT2D eigenvalue weighted by Gasteiger charge is 2.24. The van der Waals surface area contributed by atoms with Crippen LogP contribution < -0.4 is 15.8 Å². The molecule has 0 aromatic heterocycles. The zero-order valence-electron chi connectivity index (χ0n) is 15.2. The average Bonchev–Trinajstić information content (AvgIpc) is 2.61. The van der Waals surface area contributed by atoms with Gasteiger partial charge in [-0.1, -0.05) is 18.6 Å². The molecule has 1 saturated carbocycles. The molecule has 6 nitrogen and oxygen atoms in total. The summed E-state index contributed by atoms with van der Waals surface area (Å²) in [5, 5.41) is 3.00. The molecule has 0 bridgehead atoms. The maximum atomic E-state index is 12.2. The van der Waals surface area contributed by atoms with E-state index in [4.69, 9.17) is 15.2 Å². The number of hydrogen-bond acceptors (Lipinski definition) is 5. The third-order valence-corrected chi connectivity index (χ3v) is 4.38. The molecule has 1 aliphatic rings. The van der Waals surface area contributed by atoms with Crippen LogP contribution in [0.2, 0.25) is 0 Å². The summed E-state index contributed by atoms with van der Waals surface area (Å²) in [6.07, 6.45) is 4.54. The molecule has 7 heteroatoms. The van der Waals surface area contributed by atoms with Crippen LogP contribution in [0.25, 0.3) is 0 Å². The number of rotatable bonds is 8. The van der Waals surface area contributed by atoms with E-state index in [-0.39, 0.29) is 42.9 Å². The summed E-state index contributed by atoms with van der Waals surface area (Å²) in [6, 6.07) is 7.66. The Morgan fingerprint density at radius 2 is 1.96 bits per heavy atom. The molecule has 0 spiro atoms. The van der Waals surface area contributed by atoms with Crippen molar-refractivity contribution in [2.75, 3.05) is 19.8 Å². The van der Waals surface area contributed by atoms with Gasteiger partial charge in [-0.05, 0) is 50.3 Å². The van der Waals surface area contributed by atoms with Gasteiger partial charge in [-0.2, -0.15) is 0 Å². The minimum Gasteiger partial charge on any atom is -0.482 e. The van der Waals surface area contributed by atoms with E-state index in [1.54, 1.807) is 6.92 Å². The van der Waals surface area contributed by atoms with Crippen molar-refractivity contribution >= 4 is 24.3 Å². The lowest BCUT2D eigenvalue weighted by Crippen LogP contribution is -2.38. The number of esters is 1. The summed E-state index contributed by atoms with van der Waals surface area (Å²) in [7, 11) is 0. The second-order valence-electron chi connectivity index (χ2n) is 6.40. The molecule has 0 saturated heterocycles. The van der Waals surface area contributed by atoms with E-state index in [0.29, 0.717) is 18.9 Å². The van der Waals surface area contributed by atoms with E-state index < -0.39 is 0 Å². The Bertz CT molecular complexity index is 565. The van der Waals surface area contributed by atoms with Crippen molar-refractivity contribution in [2.24, 2.45) is 11.7 Å². The lowest BCUT2D eigenvalue weighted by atomic mass is 9.85. The van der Waals surface area contributed by atoms with E-state index in [2.05, 4.69) is 5.32 Å². The van der Waals surface area contributed by atoms with Crippen molar-refractivity contribution in [3.05, 3.63) is 29.8 Å². The molecule has 0 aliphatic heterocycles. The first kappa shape index (κ1) is 22.3. The zero-order chi connectivity index (χ0) is 18.1. The minimum atomic E-state index is -0.378. The summed E-state index contributed by atoms with van der Waals surface area (Å²) in [4.78, 5) is 23.4. The lowest BCUT2D eigenvalue weighted by molar-refractivity contribution is -0.145. The number of halogens is 1. The van der Waals surface area contributed by atoms with Crippen LogP contribution >= 0.6 is 12.4 Å². The van der Waals surface area contributed by atoms with Crippen LogP contribution in [-0.2, 0) is 20.7 Å². The molecule has 1 aliphatic carbocycles. The Labute approximate surface area is 161 Å². The predicted octanol–water partition coefficient (Wildman–Crippen LogP) is 2.23. The molecule has 0 radical (unpaired) electrons. The summed E-state index contributed by atoms with van der Waals surface area (Å²) < 4.78 is 10.2. The lowest BCUT2D eigenvalue weighted by Gasteiger charge is -2.25. The first-order valence-electron chi connectivity index (χ1n) is 8.99. The molecule has 1 aromatic rings. The van der Waals surface area contributed by atoms with Crippen molar-refractivity contribution in [1.82, 2.24) is 5.32 Å². The Kier molecular flexibility index (Phi) is 10.1. The van der Waals surface area contributed by atoms with Gasteiger partial charge in [0.15, 0.2) is 6.61 Å². The van der Waals surface area contributed by atoms with Gasteiger partial charge in [0, 0.05) is 18.5 Å². The van der Waals surface area contributed by atoms with Gasteiger partial charge in [0.2, 0.25) is 5.91 Å². The second kappa shape index (κ2) is 11.8. The molecule has 2 unspecified atom stereocenters.